The van der Waals surface area contributed by atoms with E-state index in [1.54, 1.807) is 0 Å². The van der Waals surface area contributed by atoms with E-state index in [4.69, 9.17) is 4.74 Å². The number of ether oxygens (including phenoxy) is 1. The molecular weight excluding hydrogens is 260 g/mol. The molecule has 0 aliphatic rings. The molecule has 120 valence electrons. The summed E-state index contributed by atoms with van der Waals surface area (Å²) in [4.78, 5) is 2.40. The molecule has 0 spiro atoms. The van der Waals surface area contributed by atoms with Crippen molar-refractivity contribution in [3.05, 3.63) is 29.8 Å². The maximum atomic E-state index is 5.66. The van der Waals surface area contributed by atoms with Crippen molar-refractivity contribution < 1.29 is 4.74 Å². The van der Waals surface area contributed by atoms with Crippen molar-refractivity contribution in [2.45, 2.75) is 46.1 Å². The van der Waals surface area contributed by atoms with E-state index >= 15 is 0 Å². The molecule has 1 N–H and O–H groups in total. The van der Waals surface area contributed by atoms with Gasteiger partial charge in [0.05, 0.1) is 6.61 Å². The number of nitrogens with one attached hydrogen (secondary N) is 1. The van der Waals surface area contributed by atoms with Gasteiger partial charge in [-0.2, -0.15) is 0 Å². The molecule has 1 rings (SSSR count). The standard InChI is InChI=1S/C18H32N2O/c1-5-12-19-18(15-20(4)13-6-2)16-8-10-17(11-9-16)21-14-7-3/h8-11,18-19H,5-7,12-15H2,1-4H3. The second-order valence-corrected chi connectivity index (χ2v) is 5.69. The first-order chi connectivity index (χ1) is 10.2. The van der Waals surface area contributed by atoms with Gasteiger partial charge < -0.3 is 15.0 Å². The largest absolute Gasteiger partial charge is 0.494 e. The summed E-state index contributed by atoms with van der Waals surface area (Å²) in [6.07, 6.45) is 3.40. The van der Waals surface area contributed by atoms with E-state index in [2.05, 4.69) is 62.3 Å². The van der Waals surface area contributed by atoms with E-state index in [1.165, 1.54) is 12.0 Å². The van der Waals surface area contributed by atoms with Gasteiger partial charge >= 0.3 is 0 Å². The van der Waals surface area contributed by atoms with Crippen LogP contribution in [0.2, 0.25) is 0 Å². The fourth-order valence-electron chi connectivity index (χ4n) is 2.41. The van der Waals surface area contributed by atoms with Gasteiger partial charge in [-0.15, -0.1) is 0 Å². The predicted octanol–water partition coefficient (Wildman–Crippen LogP) is 3.86. The lowest BCUT2D eigenvalue weighted by molar-refractivity contribution is 0.290. The molecule has 0 amide bonds. The predicted molar refractivity (Wildman–Crippen MR) is 91.1 cm³/mol. The van der Waals surface area contributed by atoms with Crippen LogP contribution in [0.15, 0.2) is 24.3 Å². The van der Waals surface area contributed by atoms with Crippen LogP contribution in [0.3, 0.4) is 0 Å². The van der Waals surface area contributed by atoms with Gasteiger partial charge in [-0.05, 0) is 57.1 Å². The van der Waals surface area contributed by atoms with E-state index in [0.29, 0.717) is 6.04 Å². The van der Waals surface area contributed by atoms with Gasteiger partial charge in [0.1, 0.15) is 5.75 Å². The highest BCUT2D eigenvalue weighted by molar-refractivity contribution is 5.29. The second kappa shape index (κ2) is 10.6. The van der Waals surface area contributed by atoms with Crippen LogP contribution in [-0.2, 0) is 0 Å². The second-order valence-electron chi connectivity index (χ2n) is 5.69. The Bertz CT molecular complexity index is 364. The lowest BCUT2D eigenvalue weighted by Gasteiger charge is -2.25. The van der Waals surface area contributed by atoms with Crippen molar-refractivity contribution in [3.8, 4) is 5.75 Å². The minimum Gasteiger partial charge on any atom is -0.494 e. The Labute approximate surface area is 130 Å². The first-order valence-electron chi connectivity index (χ1n) is 8.35. The first-order valence-corrected chi connectivity index (χ1v) is 8.35. The van der Waals surface area contributed by atoms with Crippen LogP contribution < -0.4 is 10.1 Å². The van der Waals surface area contributed by atoms with Crippen LogP contribution in [-0.4, -0.2) is 38.2 Å². The van der Waals surface area contributed by atoms with Gasteiger partial charge in [-0.25, -0.2) is 0 Å². The van der Waals surface area contributed by atoms with Crippen LogP contribution in [0.4, 0.5) is 0 Å². The molecule has 3 nitrogen and oxygen atoms in total. The van der Waals surface area contributed by atoms with Gasteiger partial charge in [-0.3, -0.25) is 0 Å². The van der Waals surface area contributed by atoms with E-state index in [9.17, 15) is 0 Å². The highest BCUT2D eigenvalue weighted by Gasteiger charge is 2.13. The third-order valence-electron chi connectivity index (χ3n) is 3.50. The monoisotopic (exact) mass is 292 g/mol. The molecular formula is C18H32N2O. The molecule has 0 saturated carbocycles. The lowest BCUT2D eigenvalue weighted by Crippen LogP contribution is -2.33. The Hall–Kier alpha value is -1.06. The lowest BCUT2D eigenvalue weighted by atomic mass is 10.1. The molecule has 21 heavy (non-hydrogen) atoms. The number of benzene rings is 1. The minimum absolute atomic E-state index is 0.390. The van der Waals surface area contributed by atoms with Crippen LogP contribution in [0.5, 0.6) is 5.75 Å². The topological polar surface area (TPSA) is 24.5 Å². The summed E-state index contributed by atoms with van der Waals surface area (Å²) in [5, 5.41) is 3.66. The zero-order chi connectivity index (χ0) is 15.5. The van der Waals surface area contributed by atoms with E-state index in [1.807, 2.05) is 0 Å². The Morgan fingerprint density at radius 3 is 2.33 bits per heavy atom. The van der Waals surface area contributed by atoms with Gasteiger partial charge in [0.2, 0.25) is 0 Å². The fraction of sp³-hybridized carbons (Fsp3) is 0.667. The Kier molecular flexibility index (Phi) is 9.11. The van der Waals surface area contributed by atoms with Crippen molar-refractivity contribution in [2.75, 3.05) is 33.3 Å². The third kappa shape index (κ3) is 6.96. The smallest absolute Gasteiger partial charge is 0.119 e. The molecule has 3 heteroatoms. The Morgan fingerprint density at radius 2 is 1.76 bits per heavy atom. The first kappa shape index (κ1) is 18.0. The third-order valence-corrected chi connectivity index (χ3v) is 3.50. The molecule has 0 aliphatic heterocycles. The average molecular weight is 292 g/mol. The molecule has 1 unspecified atom stereocenters. The molecule has 0 bridgehead atoms. The zero-order valence-corrected chi connectivity index (χ0v) is 14.2. The van der Waals surface area contributed by atoms with Gasteiger partial charge in [-0.1, -0.05) is 32.9 Å². The summed E-state index contributed by atoms with van der Waals surface area (Å²) in [6, 6.07) is 8.95. The normalized spacial score (nSPS) is 12.6. The molecule has 1 aromatic carbocycles. The van der Waals surface area contributed by atoms with Crippen LogP contribution >= 0.6 is 0 Å². The quantitative estimate of drug-likeness (QED) is 0.670. The summed E-state index contributed by atoms with van der Waals surface area (Å²) < 4.78 is 5.66. The van der Waals surface area contributed by atoms with Crippen molar-refractivity contribution in [3.63, 3.8) is 0 Å². The van der Waals surface area contributed by atoms with E-state index in [-0.39, 0.29) is 0 Å². The summed E-state index contributed by atoms with van der Waals surface area (Å²) >= 11 is 0. The highest BCUT2D eigenvalue weighted by Crippen LogP contribution is 2.19. The number of hydrogen-bond acceptors (Lipinski definition) is 3. The maximum absolute atomic E-state index is 5.66. The molecule has 0 aromatic heterocycles. The molecule has 0 heterocycles. The van der Waals surface area contributed by atoms with Crippen LogP contribution in [0.25, 0.3) is 0 Å². The molecule has 1 atom stereocenters. The van der Waals surface area contributed by atoms with Gasteiger partial charge in [0.15, 0.2) is 0 Å². The number of rotatable bonds is 11. The Morgan fingerprint density at radius 1 is 1.05 bits per heavy atom. The average Bonchev–Trinajstić information content (AvgIpc) is 2.50. The minimum atomic E-state index is 0.390. The van der Waals surface area contributed by atoms with Crippen molar-refractivity contribution >= 4 is 0 Å². The van der Waals surface area contributed by atoms with Gasteiger partial charge in [0, 0.05) is 12.6 Å². The van der Waals surface area contributed by atoms with E-state index < -0.39 is 0 Å². The van der Waals surface area contributed by atoms with Gasteiger partial charge in [0.25, 0.3) is 0 Å². The molecule has 0 radical (unpaired) electrons. The van der Waals surface area contributed by atoms with Crippen molar-refractivity contribution in [2.24, 2.45) is 0 Å². The SMILES string of the molecule is CCCNC(CN(C)CCC)c1ccc(OCCC)cc1. The summed E-state index contributed by atoms with van der Waals surface area (Å²) in [5.41, 5.74) is 1.34. The van der Waals surface area contributed by atoms with Crippen molar-refractivity contribution in [1.82, 2.24) is 10.2 Å². The van der Waals surface area contributed by atoms with Crippen LogP contribution in [0.1, 0.15) is 51.6 Å². The summed E-state index contributed by atoms with van der Waals surface area (Å²) in [7, 11) is 2.20. The van der Waals surface area contributed by atoms with Crippen LogP contribution in [0, 0.1) is 0 Å². The van der Waals surface area contributed by atoms with Crippen molar-refractivity contribution in [1.29, 1.82) is 0 Å². The highest BCUT2D eigenvalue weighted by atomic mass is 16.5. The number of nitrogens with zero attached hydrogens (tertiary/aromatic N) is 1. The summed E-state index contributed by atoms with van der Waals surface area (Å²) in [5.74, 6) is 0.969. The molecule has 0 saturated heterocycles. The Balaban J connectivity index is 2.67. The maximum Gasteiger partial charge on any atom is 0.119 e. The fourth-order valence-corrected chi connectivity index (χ4v) is 2.41. The molecule has 1 aromatic rings. The zero-order valence-electron chi connectivity index (χ0n) is 14.2. The van der Waals surface area contributed by atoms with E-state index in [0.717, 1.165) is 44.8 Å². The number of likely N-dealkylation sites (N-methyl/N-ethyl adjacent to an activating group) is 1. The molecule has 0 fully saturated rings. The molecule has 0 aliphatic carbocycles. The summed E-state index contributed by atoms with van der Waals surface area (Å²) in [6.45, 7) is 10.6. The number of hydrogen-bond donors (Lipinski definition) is 1.